The van der Waals surface area contributed by atoms with Gasteiger partial charge in [-0.2, -0.15) is 0 Å². The monoisotopic (exact) mass is 344 g/mol. The highest BCUT2D eigenvalue weighted by atomic mass is 16.1. The summed E-state index contributed by atoms with van der Waals surface area (Å²) in [7, 11) is 1.93. The summed E-state index contributed by atoms with van der Waals surface area (Å²) in [5.41, 5.74) is 8.88. The van der Waals surface area contributed by atoms with E-state index in [1.807, 2.05) is 48.1 Å². The zero-order valence-electron chi connectivity index (χ0n) is 14.0. The molecular formula is C19H16N6O. The number of benzene rings is 1. The highest BCUT2D eigenvalue weighted by Gasteiger charge is 2.16. The Labute approximate surface area is 149 Å². The molecule has 0 saturated heterocycles. The van der Waals surface area contributed by atoms with E-state index in [0.29, 0.717) is 11.4 Å². The number of anilines is 2. The third-order valence-corrected chi connectivity index (χ3v) is 4.12. The molecule has 0 radical (unpaired) electrons. The van der Waals surface area contributed by atoms with Crippen molar-refractivity contribution in [3.05, 3.63) is 66.9 Å². The maximum absolute atomic E-state index is 12.8. The quantitative estimate of drug-likeness (QED) is 0.595. The lowest BCUT2D eigenvalue weighted by Crippen LogP contribution is -2.17. The molecule has 0 unspecified atom stereocenters. The molecule has 0 aliphatic rings. The van der Waals surface area contributed by atoms with E-state index in [1.165, 1.54) is 6.20 Å². The summed E-state index contributed by atoms with van der Waals surface area (Å²) in [6.07, 6.45) is 6.80. The predicted octanol–water partition coefficient (Wildman–Crippen LogP) is 2.86. The highest BCUT2D eigenvalue weighted by Crippen LogP contribution is 2.25. The first-order chi connectivity index (χ1) is 12.6. The van der Waals surface area contributed by atoms with Gasteiger partial charge >= 0.3 is 0 Å². The van der Waals surface area contributed by atoms with Crippen LogP contribution in [-0.4, -0.2) is 25.4 Å². The molecule has 7 heteroatoms. The third kappa shape index (κ3) is 2.75. The number of carbonyl (C=O) groups is 1. The van der Waals surface area contributed by atoms with E-state index in [-0.39, 0.29) is 11.5 Å². The molecule has 0 aliphatic carbocycles. The minimum absolute atomic E-state index is 0.0780. The molecule has 0 bridgehead atoms. The van der Waals surface area contributed by atoms with Crippen LogP contribution in [0.2, 0.25) is 0 Å². The fourth-order valence-electron chi connectivity index (χ4n) is 2.86. The normalized spacial score (nSPS) is 10.8. The van der Waals surface area contributed by atoms with Gasteiger partial charge in [0, 0.05) is 36.6 Å². The largest absolute Gasteiger partial charge is 0.382 e. The van der Waals surface area contributed by atoms with Crippen LogP contribution in [-0.2, 0) is 7.05 Å². The summed E-state index contributed by atoms with van der Waals surface area (Å²) >= 11 is 0. The Morgan fingerprint density at radius 1 is 1.15 bits per heavy atom. The number of amides is 1. The number of hydrogen-bond donors (Lipinski definition) is 2. The van der Waals surface area contributed by atoms with Gasteiger partial charge in [-0.1, -0.05) is 12.1 Å². The van der Waals surface area contributed by atoms with Crippen LogP contribution in [0.4, 0.5) is 11.5 Å². The number of aromatic nitrogens is 4. The van der Waals surface area contributed by atoms with Crippen molar-refractivity contribution in [1.82, 2.24) is 19.5 Å². The molecule has 0 aliphatic heterocycles. The predicted molar refractivity (Wildman–Crippen MR) is 101 cm³/mol. The van der Waals surface area contributed by atoms with Crippen molar-refractivity contribution < 1.29 is 4.79 Å². The number of aryl methyl sites for hydroxylation is 1. The minimum atomic E-state index is -0.408. The molecule has 26 heavy (non-hydrogen) atoms. The molecule has 7 nitrogen and oxygen atoms in total. The molecule has 0 spiro atoms. The lowest BCUT2D eigenvalue weighted by Gasteiger charge is -2.10. The summed E-state index contributed by atoms with van der Waals surface area (Å²) in [6.45, 7) is 0. The molecular weight excluding hydrogens is 328 g/mol. The Morgan fingerprint density at radius 2 is 2.04 bits per heavy atom. The van der Waals surface area contributed by atoms with Crippen LogP contribution in [0.25, 0.3) is 22.2 Å². The summed E-state index contributed by atoms with van der Waals surface area (Å²) in [5.74, 6) is -0.330. The Bertz CT molecular complexity index is 1100. The minimum Gasteiger partial charge on any atom is -0.382 e. The van der Waals surface area contributed by atoms with Crippen LogP contribution in [0.3, 0.4) is 0 Å². The summed E-state index contributed by atoms with van der Waals surface area (Å²) in [6, 6.07) is 11.3. The van der Waals surface area contributed by atoms with E-state index >= 15 is 0 Å². The number of hydrogen-bond acceptors (Lipinski definition) is 5. The second-order valence-electron chi connectivity index (χ2n) is 5.85. The van der Waals surface area contributed by atoms with E-state index in [9.17, 15) is 4.79 Å². The summed E-state index contributed by atoms with van der Waals surface area (Å²) in [5, 5.41) is 3.93. The van der Waals surface area contributed by atoms with Crippen LogP contribution < -0.4 is 11.1 Å². The van der Waals surface area contributed by atoms with E-state index < -0.39 is 5.91 Å². The summed E-state index contributed by atoms with van der Waals surface area (Å²) < 4.78 is 1.95. The number of nitrogens with two attached hydrogens (primary N) is 1. The molecule has 4 aromatic rings. The Balaban J connectivity index is 1.71. The first-order valence-corrected chi connectivity index (χ1v) is 8.02. The molecule has 4 rings (SSSR count). The first-order valence-electron chi connectivity index (χ1n) is 8.02. The SMILES string of the molecule is Cn1ccc2cccc(NC(=O)c3nc(-c4cccnc4)cnc3N)c21. The van der Waals surface area contributed by atoms with Crippen LogP contribution >= 0.6 is 0 Å². The molecule has 0 saturated carbocycles. The van der Waals surface area contributed by atoms with E-state index in [4.69, 9.17) is 5.73 Å². The van der Waals surface area contributed by atoms with Gasteiger partial charge in [-0.05, 0) is 24.3 Å². The number of fused-ring (bicyclic) bond motifs is 1. The van der Waals surface area contributed by atoms with E-state index in [0.717, 1.165) is 16.5 Å². The van der Waals surface area contributed by atoms with E-state index in [1.54, 1.807) is 18.5 Å². The molecule has 1 amide bonds. The van der Waals surface area contributed by atoms with Gasteiger partial charge in [-0.3, -0.25) is 9.78 Å². The maximum Gasteiger partial charge on any atom is 0.278 e. The van der Waals surface area contributed by atoms with E-state index in [2.05, 4.69) is 20.3 Å². The van der Waals surface area contributed by atoms with Gasteiger partial charge in [0.1, 0.15) is 0 Å². The topological polar surface area (TPSA) is 98.7 Å². The van der Waals surface area contributed by atoms with Gasteiger partial charge in [0.2, 0.25) is 0 Å². The molecule has 3 N–H and O–H groups in total. The lowest BCUT2D eigenvalue weighted by atomic mass is 10.2. The number of pyridine rings is 1. The van der Waals surface area contributed by atoms with Crippen LogP contribution in [0.5, 0.6) is 0 Å². The van der Waals surface area contributed by atoms with Crippen LogP contribution in [0.1, 0.15) is 10.5 Å². The number of nitrogens with one attached hydrogen (secondary N) is 1. The van der Waals surface area contributed by atoms with Gasteiger partial charge < -0.3 is 15.6 Å². The van der Waals surface area contributed by atoms with Gasteiger partial charge in [-0.25, -0.2) is 9.97 Å². The molecule has 3 heterocycles. The van der Waals surface area contributed by atoms with Crippen LogP contribution in [0.15, 0.2) is 61.2 Å². The average molecular weight is 344 g/mol. The first kappa shape index (κ1) is 15.8. The van der Waals surface area contributed by atoms with Gasteiger partial charge in [0.05, 0.1) is 23.1 Å². The number of carbonyl (C=O) groups excluding carboxylic acids is 1. The molecule has 3 aromatic heterocycles. The highest BCUT2D eigenvalue weighted by molar-refractivity contribution is 6.09. The number of nitrogen functional groups attached to an aromatic ring is 1. The maximum atomic E-state index is 12.8. The Morgan fingerprint density at radius 3 is 2.85 bits per heavy atom. The fraction of sp³-hybridized carbons (Fsp3) is 0.0526. The average Bonchev–Trinajstić information content (AvgIpc) is 3.05. The summed E-state index contributed by atoms with van der Waals surface area (Å²) in [4.78, 5) is 25.3. The Kier molecular flexibility index (Phi) is 3.81. The van der Waals surface area contributed by atoms with Gasteiger partial charge in [0.25, 0.3) is 5.91 Å². The number of para-hydroxylation sites is 1. The smallest absolute Gasteiger partial charge is 0.278 e. The lowest BCUT2D eigenvalue weighted by molar-refractivity contribution is 0.102. The molecule has 128 valence electrons. The molecule has 0 fully saturated rings. The van der Waals surface area contributed by atoms with Crippen molar-refractivity contribution in [2.75, 3.05) is 11.1 Å². The van der Waals surface area contributed by atoms with Crippen molar-refractivity contribution in [1.29, 1.82) is 0 Å². The fourth-order valence-corrected chi connectivity index (χ4v) is 2.86. The zero-order valence-corrected chi connectivity index (χ0v) is 14.0. The number of nitrogens with zero attached hydrogens (tertiary/aromatic N) is 4. The van der Waals surface area contributed by atoms with Gasteiger partial charge in [0.15, 0.2) is 11.5 Å². The number of rotatable bonds is 3. The van der Waals surface area contributed by atoms with Crippen molar-refractivity contribution in [2.45, 2.75) is 0 Å². The van der Waals surface area contributed by atoms with Crippen molar-refractivity contribution in [3.63, 3.8) is 0 Å². The standard InChI is InChI=1S/C19H16N6O/c1-25-9-7-12-4-2-6-14(17(12)25)24-19(26)16-18(20)22-11-15(23-16)13-5-3-8-21-10-13/h2-11H,1H3,(H2,20,22)(H,24,26). The Hall–Kier alpha value is -3.74. The third-order valence-electron chi connectivity index (χ3n) is 4.12. The molecule has 1 aromatic carbocycles. The van der Waals surface area contributed by atoms with Crippen molar-refractivity contribution in [2.24, 2.45) is 7.05 Å². The second kappa shape index (κ2) is 6.29. The zero-order chi connectivity index (χ0) is 18.1. The van der Waals surface area contributed by atoms with Crippen molar-refractivity contribution >= 4 is 28.3 Å². The van der Waals surface area contributed by atoms with Crippen LogP contribution in [0, 0.1) is 0 Å². The molecule has 0 atom stereocenters. The van der Waals surface area contributed by atoms with Crippen molar-refractivity contribution in [3.8, 4) is 11.3 Å². The second-order valence-corrected chi connectivity index (χ2v) is 5.85. The van der Waals surface area contributed by atoms with Gasteiger partial charge in [-0.15, -0.1) is 0 Å².